The van der Waals surface area contributed by atoms with Crippen molar-refractivity contribution in [3.8, 4) is 5.75 Å². The van der Waals surface area contributed by atoms with Crippen LogP contribution in [0.1, 0.15) is 47.4 Å². The number of benzene rings is 1. The van der Waals surface area contributed by atoms with Gasteiger partial charge in [0.1, 0.15) is 17.6 Å². The highest BCUT2D eigenvalue weighted by Gasteiger charge is 2.19. The van der Waals surface area contributed by atoms with Crippen molar-refractivity contribution in [2.75, 3.05) is 26.8 Å². The van der Waals surface area contributed by atoms with Gasteiger partial charge >= 0.3 is 0 Å². The molecule has 2 heterocycles. The number of ether oxygens (including phenoxy) is 2. The largest absolute Gasteiger partial charge is 0.488 e. The van der Waals surface area contributed by atoms with Crippen LogP contribution >= 0.6 is 24.0 Å². The highest BCUT2D eigenvalue weighted by atomic mass is 127. The number of hydrogen-bond donors (Lipinski definition) is 2. The predicted molar refractivity (Wildman–Crippen MR) is 129 cm³/mol. The lowest BCUT2D eigenvalue weighted by Crippen LogP contribution is -2.38. The Morgan fingerprint density at radius 1 is 1.30 bits per heavy atom. The number of hydrogen-bond acceptors (Lipinski definition) is 5. The molecule has 1 aliphatic rings. The molecule has 1 aromatic heterocycles. The van der Waals surface area contributed by atoms with E-state index >= 15 is 0 Å². The summed E-state index contributed by atoms with van der Waals surface area (Å²) in [6.45, 7) is 10.9. The van der Waals surface area contributed by atoms with Crippen molar-refractivity contribution in [3.05, 3.63) is 46.3 Å². The second-order valence-corrected chi connectivity index (χ2v) is 7.66. The SMILES string of the molecule is CN=C(NCc1ccc(C)cc1OC1CCOC1)NCC(C)c1c(C)noc1C.I. The standard InChI is InChI=1S/C22H32N4O3.HI/c1-14-6-7-18(20(10-14)28-19-8-9-27-13-19)12-25-22(23-5)24-11-15(2)21-16(3)26-29-17(21)4;/h6-7,10,15,19H,8-9,11-13H2,1-5H3,(H2,23,24,25);1H. The van der Waals surface area contributed by atoms with E-state index in [0.29, 0.717) is 13.2 Å². The van der Waals surface area contributed by atoms with Crippen LogP contribution in [0.15, 0.2) is 27.7 Å². The van der Waals surface area contributed by atoms with Gasteiger partial charge in [-0.2, -0.15) is 0 Å². The van der Waals surface area contributed by atoms with E-state index in [2.05, 4.69) is 52.8 Å². The van der Waals surface area contributed by atoms with Gasteiger partial charge in [-0.3, -0.25) is 4.99 Å². The average Bonchev–Trinajstić information content (AvgIpc) is 3.32. The van der Waals surface area contributed by atoms with Crippen LogP contribution in [-0.2, 0) is 11.3 Å². The van der Waals surface area contributed by atoms with E-state index in [1.54, 1.807) is 7.05 Å². The molecule has 8 heteroatoms. The first kappa shape index (κ1) is 24.5. The number of nitrogens with zero attached hydrogens (tertiary/aromatic N) is 2. The second kappa shape index (κ2) is 11.5. The molecule has 0 radical (unpaired) electrons. The van der Waals surface area contributed by atoms with E-state index in [4.69, 9.17) is 14.0 Å². The predicted octanol–water partition coefficient (Wildman–Crippen LogP) is 3.85. The molecule has 1 fully saturated rings. The summed E-state index contributed by atoms with van der Waals surface area (Å²) in [6.07, 6.45) is 1.06. The summed E-state index contributed by atoms with van der Waals surface area (Å²) in [5.41, 5.74) is 4.38. The lowest BCUT2D eigenvalue weighted by Gasteiger charge is -2.19. The second-order valence-electron chi connectivity index (χ2n) is 7.66. The van der Waals surface area contributed by atoms with Gasteiger partial charge in [-0.05, 0) is 32.4 Å². The van der Waals surface area contributed by atoms with Crippen LogP contribution in [-0.4, -0.2) is 44.0 Å². The fourth-order valence-corrected chi connectivity index (χ4v) is 3.65. The number of guanidine groups is 1. The minimum Gasteiger partial charge on any atom is -0.488 e. The van der Waals surface area contributed by atoms with E-state index in [9.17, 15) is 0 Å². The van der Waals surface area contributed by atoms with Gasteiger partial charge < -0.3 is 24.6 Å². The molecule has 2 N–H and O–H groups in total. The molecular weight excluding hydrogens is 495 g/mol. The number of aliphatic imine (C=N–C) groups is 1. The Balaban J connectivity index is 0.00000320. The summed E-state index contributed by atoms with van der Waals surface area (Å²) in [7, 11) is 1.78. The maximum absolute atomic E-state index is 6.18. The Morgan fingerprint density at radius 3 is 2.73 bits per heavy atom. The molecule has 0 spiro atoms. The zero-order valence-electron chi connectivity index (χ0n) is 18.4. The van der Waals surface area contributed by atoms with Crippen LogP contribution in [0.2, 0.25) is 0 Å². The highest BCUT2D eigenvalue weighted by Crippen LogP contribution is 2.24. The van der Waals surface area contributed by atoms with Gasteiger partial charge in [-0.25, -0.2) is 0 Å². The quantitative estimate of drug-likeness (QED) is 0.323. The average molecular weight is 528 g/mol. The maximum atomic E-state index is 6.18. The Kier molecular flexibility index (Phi) is 9.41. The molecule has 2 aromatic rings. The maximum Gasteiger partial charge on any atom is 0.191 e. The van der Waals surface area contributed by atoms with Crippen molar-refractivity contribution in [1.82, 2.24) is 15.8 Å². The molecule has 0 amide bonds. The van der Waals surface area contributed by atoms with Crippen LogP contribution < -0.4 is 15.4 Å². The van der Waals surface area contributed by atoms with E-state index in [1.165, 1.54) is 5.56 Å². The summed E-state index contributed by atoms with van der Waals surface area (Å²) < 4.78 is 16.9. The first-order valence-corrected chi connectivity index (χ1v) is 10.2. The summed E-state index contributed by atoms with van der Waals surface area (Å²) in [5, 5.41) is 10.8. The minimum absolute atomic E-state index is 0. The van der Waals surface area contributed by atoms with Crippen LogP contribution in [0.3, 0.4) is 0 Å². The molecule has 7 nitrogen and oxygen atoms in total. The molecule has 2 unspecified atom stereocenters. The molecule has 1 saturated heterocycles. The number of rotatable bonds is 7. The van der Waals surface area contributed by atoms with Crippen molar-refractivity contribution in [2.24, 2.45) is 4.99 Å². The van der Waals surface area contributed by atoms with Gasteiger partial charge in [0.2, 0.25) is 0 Å². The van der Waals surface area contributed by atoms with Crippen LogP contribution in [0.4, 0.5) is 0 Å². The minimum atomic E-state index is 0. The molecule has 30 heavy (non-hydrogen) atoms. The van der Waals surface area contributed by atoms with Gasteiger partial charge in [0.15, 0.2) is 5.96 Å². The molecule has 2 atom stereocenters. The number of aromatic nitrogens is 1. The molecule has 166 valence electrons. The van der Waals surface area contributed by atoms with Crippen molar-refractivity contribution < 1.29 is 14.0 Å². The molecule has 3 rings (SSSR count). The molecule has 0 bridgehead atoms. The van der Waals surface area contributed by atoms with E-state index in [-0.39, 0.29) is 36.0 Å². The molecular formula is C22H33IN4O3. The highest BCUT2D eigenvalue weighted by molar-refractivity contribution is 14.0. The van der Waals surface area contributed by atoms with Gasteiger partial charge in [-0.1, -0.05) is 24.2 Å². The normalized spacial score (nSPS) is 17.4. The van der Waals surface area contributed by atoms with Crippen molar-refractivity contribution in [1.29, 1.82) is 0 Å². The van der Waals surface area contributed by atoms with Gasteiger partial charge in [-0.15, -0.1) is 24.0 Å². The van der Waals surface area contributed by atoms with Gasteiger partial charge in [0.25, 0.3) is 0 Å². The Hall–Kier alpha value is -1.81. The number of aryl methyl sites for hydroxylation is 3. The number of nitrogens with one attached hydrogen (secondary N) is 2. The molecule has 0 aliphatic carbocycles. The fraction of sp³-hybridized carbons (Fsp3) is 0.545. The molecule has 1 aromatic carbocycles. The third kappa shape index (κ3) is 6.34. The summed E-state index contributed by atoms with van der Waals surface area (Å²) >= 11 is 0. The van der Waals surface area contributed by atoms with E-state index < -0.39 is 0 Å². The van der Waals surface area contributed by atoms with Gasteiger partial charge in [0, 0.05) is 43.6 Å². The Morgan fingerprint density at radius 2 is 2.10 bits per heavy atom. The van der Waals surface area contributed by atoms with E-state index in [0.717, 1.165) is 53.9 Å². The zero-order chi connectivity index (χ0) is 20.8. The van der Waals surface area contributed by atoms with Crippen LogP contribution in [0.25, 0.3) is 0 Å². The first-order chi connectivity index (χ1) is 14.0. The van der Waals surface area contributed by atoms with Crippen LogP contribution in [0, 0.1) is 20.8 Å². The summed E-state index contributed by atoms with van der Waals surface area (Å²) in [5.74, 6) is 2.80. The molecule has 0 saturated carbocycles. The van der Waals surface area contributed by atoms with Gasteiger partial charge in [0.05, 0.1) is 18.9 Å². The van der Waals surface area contributed by atoms with Crippen molar-refractivity contribution >= 4 is 29.9 Å². The van der Waals surface area contributed by atoms with Crippen molar-refractivity contribution in [3.63, 3.8) is 0 Å². The monoisotopic (exact) mass is 528 g/mol. The summed E-state index contributed by atoms with van der Waals surface area (Å²) in [4.78, 5) is 4.35. The first-order valence-electron chi connectivity index (χ1n) is 10.2. The third-order valence-corrected chi connectivity index (χ3v) is 5.23. The third-order valence-electron chi connectivity index (χ3n) is 5.23. The zero-order valence-corrected chi connectivity index (χ0v) is 20.8. The Bertz CT molecular complexity index is 827. The summed E-state index contributed by atoms with van der Waals surface area (Å²) in [6, 6.07) is 6.29. The topological polar surface area (TPSA) is 80.9 Å². The lowest BCUT2D eigenvalue weighted by molar-refractivity contribution is 0.140. The molecule has 1 aliphatic heterocycles. The van der Waals surface area contributed by atoms with Crippen molar-refractivity contribution in [2.45, 2.75) is 52.7 Å². The smallest absolute Gasteiger partial charge is 0.191 e. The number of halogens is 1. The van der Waals surface area contributed by atoms with Crippen LogP contribution in [0.5, 0.6) is 5.75 Å². The lowest BCUT2D eigenvalue weighted by atomic mass is 10.00. The fourth-order valence-electron chi connectivity index (χ4n) is 3.65. The Labute approximate surface area is 196 Å². The van der Waals surface area contributed by atoms with E-state index in [1.807, 2.05) is 13.8 Å².